The lowest BCUT2D eigenvalue weighted by Crippen LogP contribution is -2.41. The molecule has 1 aromatic carbocycles. The van der Waals surface area contributed by atoms with Crippen LogP contribution in [0.1, 0.15) is 30.1 Å². The van der Waals surface area contributed by atoms with Gasteiger partial charge in [0.1, 0.15) is 0 Å². The summed E-state index contributed by atoms with van der Waals surface area (Å²) in [5.74, 6) is -0.0779. The molecule has 6 nitrogen and oxygen atoms in total. The molecule has 7 heteroatoms. The molecule has 3 rings (SSSR count). The first kappa shape index (κ1) is 13.4. The van der Waals surface area contributed by atoms with Gasteiger partial charge in [-0.15, -0.1) is 0 Å². The van der Waals surface area contributed by atoms with E-state index in [0.29, 0.717) is 31.5 Å². The van der Waals surface area contributed by atoms with Gasteiger partial charge >= 0.3 is 0 Å². The average molecular weight is 293 g/mol. The Balaban J connectivity index is 1.79. The molecule has 20 heavy (non-hydrogen) atoms. The van der Waals surface area contributed by atoms with E-state index < -0.39 is 10.0 Å². The van der Waals surface area contributed by atoms with Crippen molar-refractivity contribution in [2.45, 2.75) is 30.3 Å². The summed E-state index contributed by atoms with van der Waals surface area (Å²) < 4.78 is 26.4. The third-order valence-corrected chi connectivity index (χ3v) is 5.72. The van der Waals surface area contributed by atoms with Crippen molar-refractivity contribution in [3.05, 3.63) is 29.8 Å². The molecule has 0 N–H and O–H groups in total. The molecule has 0 amide bonds. The van der Waals surface area contributed by atoms with Crippen LogP contribution in [0.5, 0.6) is 0 Å². The highest BCUT2D eigenvalue weighted by Gasteiger charge is 2.45. The van der Waals surface area contributed by atoms with Gasteiger partial charge < -0.3 is 0 Å². The molecule has 2 aliphatic heterocycles. The van der Waals surface area contributed by atoms with Crippen LogP contribution in [-0.2, 0) is 10.0 Å². The predicted octanol–water partition coefficient (Wildman–Crippen LogP) is 1.84. The van der Waals surface area contributed by atoms with E-state index in [4.69, 9.17) is 0 Å². The molecule has 2 aliphatic rings. The highest BCUT2D eigenvalue weighted by Crippen LogP contribution is 2.39. The Kier molecular flexibility index (Phi) is 2.98. The highest BCUT2D eigenvalue weighted by atomic mass is 32.2. The molecular formula is C13H15N3O3S. The fourth-order valence-corrected chi connectivity index (χ4v) is 3.81. The Morgan fingerprint density at radius 1 is 1.15 bits per heavy atom. The number of sulfonamides is 1. The van der Waals surface area contributed by atoms with Gasteiger partial charge in [-0.05, 0) is 19.1 Å². The molecule has 0 aromatic heterocycles. The first-order chi connectivity index (χ1) is 9.43. The summed E-state index contributed by atoms with van der Waals surface area (Å²) in [5.41, 5.74) is 0.224. The van der Waals surface area contributed by atoms with E-state index in [1.807, 2.05) is 0 Å². The van der Waals surface area contributed by atoms with Gasteiger partial charge in [-0.25, -0.2) is 8.42 Å². The molecular weight excluding hydrogens is 278 g/mol. The smallest absolute Gasteiger partial charge is 0.243 e. The van der Waals surface area contributed by atoms with Crippen LogP contribution in [-0.4, -0.2) is 37.3 Å². The van der Waals surface area contributed by atoms with Crippen LogP contribution in [0.25, 0.3) is 0 Å². The maximum absolute atomic E-state index is 12.5. The SMILES string of the molecule is CC(=O)c1ccc(S(=O)(=O)N2CCC3(CC2)N=N3)cc1. The summed E-state index contributed by atoms with van der Waals surface area (Å²) in [7, 11) is -3.49. The second kappa shape index (κ2) is 4.46. The molecule has 1 fully saturated rings. The van der Waals surface area contributed by atoms with E-state index in [0.717, 1.165) is 0 Å². The number of carbonyl (C=O) groups excluding carboxylic acids is 1. The predicted molar refractivity (Wildman–Crippen MR) is 72.0 cm³/mol. The lowest BCUT2D eigenvalue weighted by atomic mass is 10.0. The minimum atomic E-state index is -3.49. The lowest BCUT2D eigenvalue weighted by Gasteiger charge is -2.28. The number of rotatable bonds is 3. The number of hydrogen-bond acceptors (Lipinski definition) is 5. The van der Waals surface area contributed by atoms with Crippen LogP contribution >= 0.6 is 0 Å². The van der Waals surface area contributed by atoms with E-state index in [-0.39, 0.29) is 16.3 Å². The minimum absolute atomic E-state index is 0.0779. The fraction of sp³-hybridized carbons (Fsp3) is 0.462. The van der Waals surface area contributed by atoms with Crippen molar-refractivity contribution in [3.8, 4) is 0 Å². The number of nitrogens with zero attached hydrogens (tertiary/aromatic N) is 3. The van der Waals surface area contributed by atoms with Crippen LogP contribution in [0.4, 0.5) is 0 Å². The third-order valence-electron chi connectivity index (χ3n) is 3.80. The van der Waals surface area contributed by atoms with Crippen LogP contribution in [0, 0.1) is 0 Å². The quantitative estimate of drug-likeness (QED) is 0.797. The monoisotopic (exact) mass is 293 g/mol. The minimum Gasteiger partial charge on any atom is -0.295 e. The molecule has 0 saturated carbocycles. The molecule has 106 valence electrons. The maximum atomic E-state index is 12.5. The summed E-state index contributed by atoms with van der Waals surface area (Å²) in [6.45, 7) is 2.32. The van der Waals surface area contributed by atoms with E-state index >= 15 is 0 Å². The summed E-state index contributed by atoms with van der Waals surface area (Å²) >= 11 is 0. The van der Waals surface area contributed by atoms with Crippen LogP contribution < -0.4 is 0 Å². The molecule has 1 spiro atoms. The summed E-state index contributed by atoms with van der Waals surface area (Å²) in [5, 5.41) is 7.96. The largest absolute Gasteiger partial charge is 0.295 e. The van der Waals surface area contributed by atoms with Crippen molar-refractivity contribution in [3.63, 3.8) is 0 Å². The zero-order valence-electron chi connectivity index (χ0n) is 11.1. The summed E-state index contributed by atoms with van der Waals surface area (Å²) in [4.78, 5) is 11.4. The topological polar surface area (TPSA) is 79.2 Å². The Hall–Kier alpha value is -1.60. The molecule has 0 atom stereocenters. The van der Waals surface area contributed by atoms with Crippen molar-refractivity contribution >= 4 is 15.8 Å². The fourth-order valence-electron chi connectivity index (χ4n) is 2.37. The molecule has 0 bridgehead atoms. The molecule has 0 radical (unpaired) electrons. The van der Waals surface area contributed by atoms with E-state index in [1.54, 1.807) is 12.1 Å². The zero-order valence-corrected chi connectivity index (χ0v) is 11.9. The number of Topliss-reactive ketones (excluding diaryl/α,β-unsaturated/α-hetero) is 1. The highest BCUT2D eigenvalue weighted by molar-refractivity contribution is 7.89. The van der Waals surface area contributed by atoms with Gasteiger partial charge in [-0.1, -0.05) is 12.1 Å². The van der Waals surface area contributed by atoms with E-state index in [2.05, 4.69) is 10.2 Å². The van der Waals surface area contributed by atoms with Crippen molar-refractivity contribution < 1.29 is 13.2 Å². The first-order valence-electron chi connectivity index (χ1n) is 6.48. The maximum Gasteiger partial charge on any atom is 0.243 e. The van der Waals surface area contributed by atoms with Gasteiger partial charge in [-0.3, -0.25) is 4.79 Å². The Morgan fingerprint density at radius 3 is 2.15 bits per heavy atom. The third kappa shape index (κ3) is 2.27. The summed E-state index contributed by atoms with van der Waals surface area (Å²) in [6.07, 6.45) is 1.30. The zero-order chi connectivity index (χ0) is 14.4. The second-order valence-electron chi connectivity index (χ2n) is 5.17. The number of carbonyl (C=O) groups is 1. The van der Waals surface area contributed by atoms with Crippen molar-refractivity contribution in [2.75, 3.05) is 13.1 Å². The van der Waals surface area contributed by atoms with Crippen molar-refractivity contribution in [2.24, 2.45) is 10.2 Å². The summed E-state index contributed by atoms with van der Waals surface area (Å²) in [6, 6.07) is 6.07. The number of piperidine rings is 1. The van der Waals surface area contributed by atoms with E-state index in [9.17, 15) is 13.2 Å². The van der Waals surface area contributed by atoms with Gasteiger partial charge in [0, 0.05) is 31.5 Å². The molecule has 1 aromatic rings. The van der Waals surface area contributed by atoms with Crippen molar-refractivity contribution in [1.82, 2.24) is 4.31 Å². The molecule has 2 heterocycles. The number of benzene rings is 1. The number of hydrogen-bond donors (Lipinski definition) is 0. The van der Waals surface area contributed by atoms with Crippen LogP contribution in [0.3, 0.4) is 0 Å². The molecule has 0 unspecified atom stereocenters. The van der Waals surface area contributed by atoms with E-state index in [1.165, 1.54) is 23.4 Å². The second-order valence-corrected chi connectivity index (χ2v) is 7.11. The lowest BCUT2D eigenvalue weighted by molar-refractivity contribution is 0.101. The first-order valence-corrected chi connectivity index (χ1v) is 7.92. The standard InChI is InChI=1S/C13H15N3O3S/c1-10(17)11-2-4-12(5-3-11)20(18,19)16-8-6-13(7-9-16)14-15-13/h2-5H,6-9H2,1H3. The normalized spacial score (nSPS) is 21.1. The van der Waals surface area contributed by atoms with Gasteiger partial charge in [-0.2, -0.15) is 14.5 Å². The average Bonchev–Trinajstić information content (AvgIpc) is 3.19. The Morgan fingerprint density at radius 2 is 1.70 bits per heavy atom. The van der Waals surface area contributed by atoms with Gasteiger partial charge in [0.15, 0.2) is 11.4 Å². The van der Waals surface area contributed by atoms with Crippen molar-refractivity contribution in [1.29, 1.82) is 0 Å². The Labute approximate surface area is 117 Å². The molecule has 1 saturated heterocycles. The van der Waals surface area contributed by atoms with Gasteiger partial charge in [0.25, 0.3) is 0 Å². The van der Waals surface area contributed by atoms with Crippen LogP contribution in [0.2, 0.25) is 0 Å². The molecule has 0 aliphatic carbocycles. The Bertz CT molecular complexity index is 663. The van der Waals surface area contributed by atoms with Gasteiger partial charge in [0.2, 0.25) is 10.0 Å². The number of ketones is 1. The van der Waals surface area contributed by atoms with Gasteiger partial charge in [0.05, 0.1) is 4.90 Å². The van der Waals surface area contributed by atoms with Crippen LogP contribution in [0.15, 0.2) is 39.4 Å².